The number of primary amides is 1. The Labute approximate surface area is 127 Å². The Morgan fingerprint density at radius 1 is 1.15 bits per heavy atom. The van der Waals surface area contributed by atoms with Gasteiger partial charge in [-0.05, 0) is 24.6 Å². The molecule has 0 aliphatic heterocycles. The highest BCUT2D eigenvalue weighted by atomic mass is 35.5. The van der Waals surface area contributed by atoms with Gasteiger partial charge in [0, 0.05) is 11.3 Å². The number of carbonyl (C=O) groups is 1. The lowest BCUT2D eigenvalue weighted by Gasteiger charge is -2.20. The fourth-order valence-electron chi connectivity index (χ4n) is 1.94. The van der Waals surface area contributed by atoms with Crippen molar-refractivity contribution in [3.63, 3.8) is 0 Å². The monoisotopic (exact) mass is 308 g/mol. The molecule has 3 nitrogen and oxygen atoms in total. The lowest BCUT2D eigenvalue weighted by Crippen LogP contribution is -2.28. The van der Waals surface area contributed by atoms with E-state index < -0.39 is 11.9 Å². The van der Waals surface area contributed by atoms with Crippen LogP contribution < -0.4 is 11.1 Å². The molecule has 0 aromatic heterocycles. The van der Waals surface area contributed by atoms with Crippen molar-refractivity contribution in [3.05, 3.63) is 63.6 Å². The third-order valence-electron chi connectivity index (χ3n) is 3.02. The Balaban J connectivity index is 2.40. The summed E-state index contributed by atoms with van der Waals surface area (Å²) >= 11 is 12.1. The fraction of sp³-hybridized carbons (Fsp3) is 0.133. The lowest BCUT2D eigenvalue weighted by atomic mass is 10.0. The summed E-state index contributed by atoms with van der Waals surface area (Å²) in [4.78, 5) is 11.7. The summed E-state index contributed by atoms with van der Waals surface area (Å²) in [5, 5.41) is 3.84. The first-order valence-corrected chi connectivity index (χ1v) is 6.81. The molecule has 104 valence electrons. The average Bonchev–Trinajstić information content (AvgIpc) is 2.41. The minimum atomic E-state index is -0.734. The molecule has 20 heavy (non-hydrogen) atoms. The number of halogens is 2. The van der Waals surface area contributed by atoms with Gasteiger partial charge in [0.25, 0.3) is 0 Å². The van der Waals surface area contributed by atoms with E-state index in [1.165, 1.54) is 0 Å². The smallest absolute Gasteiger partial charge is 0.244 e. The van der Waals surface area contributed by atoms with E-state index in [4.69, 9.17) is 28.9 Å². The molecule has 0 saturated carbocycles. The van der Waals surface area contributed by atoms with E-state index >= 15 is 0 Å². The molecule has 0 saturated heterocycles. The van der Waals surface area contributed by atoms with Gasteiger partial charge < -0.3 is 11.1 Å². The van der Waals surface area contributed by atoms with E-state index in [-0.39, 0.29) is 0 Å². The highest BCUT2D eigenvalue weighted by Gasteiger charge is 2.21. The summed E-state index contributed by atoms with van der Waals surface area (Å²) in [7, 11) is 0. The van der Waals surface area contributed by atoms with Gasteiger partial charge in [-0.15, -0.1) is 0 Å². The number of anilines is 1. The molecular weight excluding hydrogens is 295 g/mol. The van der Waals surface area contributed by atoms with Crippen LogP contribution in [0.5, 0.6) is 0 Å². The van der Waals surface area contributed by atoms with E-state index in [1.807, 2.05) is 31.2 Å². The molecule has 0 bridgehead atoms. The molecular formula is C15H14Cl2N2O. The summed E-state index contributed by atoms with van der Waals surface area (Å²) in [6.45, 7) is 1.94. The van der Waals surface area contributed by atoms with E-state index in [0.717, 1.165) is 11.3 Å². The van der Waals surface area contributed by atoms with Gasteiger partial charge in [0.15, 0.2) is 0 Å². The Hall–Kier alpha value is -1.71. The van der Waals surface area contributed by atoms with Gasteiger partial charge in [-0.2, -0.15) is 0 Å². The van der Waals surface area contributed by atoms with Gasteiger partial charge in [-0.25, -0.2) is 0 Å². The van der Waals surface area contributed by atoms with Crippen molar-refractivity contribution in [3.8, 4) is 0 Å². The highest BCUT2D eigenvalue weighted by Crippen LogP contribution is 2.32. The van der Waals surface area contributed by atoms with E-state index in [2.05, 4.69) is 5.32 Å². The lowest BCUT2D eigenvalue weighted by molar-refractivity contribution is -0.118. The van der Waals surface area contributed by atoms with Crippen LogP contribution in [0, 0.1) is 6.92 Å². The Kier molecular flexibility index (Phi) is 4.53. The van der Waals surface area contributed by atoms with Gasteiger partial charge in [0.05, 0.1) is 10.0 Å². The number of nitrogens with two attached hydrogens (primary N) is 1. The first-order chi connectivity index (χ1) is 9.50. The second-order valence-electron chi connectivity index (χ2n) is 4.44. The molecule has 2 aromatic carbocycles. The summed E-state index contributed by atoms with van der Waals surface area (Å²) in [6, 6.07) is 12.0. The molecule has 1 unspecified atom stereocenters. The van der Waals surface area contributed by atoms with E-state index in [9.17, 15) is 4.79 Å². The van der Waals surface area contributed by atoms with Gasteiger partial charge in [0.1, 0.15) is 6.04 Å². The Morgan fingerprint density at radius 3 is 2.50 bits per heavy atom. The molecule has 2 aromatic rings. The van der Waals surface area contributed by atoms with E-state index in [0.29, 0.717) is 15.6 Å². The summed E-state index contributed by atoms with van der Waals surface area (Å²) in [6.07, 6.45) is 0. The van der Waals surface area contributed by atoms with Crippen LogP contribution in [0.3, 0.4) is 0 Å². The standard InChI is InChI=1S/C15H14Cl2N2O/c1-9-5-2-3-8-12(9)19-14(15(18)20)10-6-4-7-11(16)13(10)17/h2-8,14,19H,1H3,(H2,18,20). The van der Waals surface area contributed by atoms with Crippen LogP contribution in [0.1, 0.15) is 17.2 Å². The van der Waals surface area contributed by atoms with Gasteiger partial charge in [-0.3, -0.25) is 4.79 Å². The molecule has 0 spiro atoms. The normalized spacial score (nSPS) is 11.9. The predicted octanol–water partition coefficient (Wildman–Crippen LogP) is 3.94. The van der Waals surface area contributed by atoms with Crippen molar-refractivity contribution in [2.75, 3.05) is 5.32 Å². The average molecular weight is 309 g/mol. The molecule has 0 heterocycles. The van der Waals surface area contributed by atoms with Crippen LogP contribution in [0.15, 0.2) is 42.5 Å². The minimum absolute atomic E-state index is 0.332. The van der Waals surface area contributed by atoms with Crippen LogP contribution in [-0.2, 0) is 4.79 Å². The zero-order valence-electron chi connectivity index (χ0n) is 10.9. The van der Waals surface area contributed by atoms with Gasteiger partial charge in [0.2, 0.25) is 5.91 Å². The van der Waals surface area contributed by atoms with Crippen molar-refractivity contribution in [2.24, 2.45) is 5.73 Å². The number of benzene rings is 2. The fourth-order valence-corrected chi connectivity index (χ4v) is 2.35. The maximum Gasteiger partial charge on any atom is 0.244 e. The molecule has 0 fully saturated rings. The molecule has 0 aliphatic carbocycles. The first-order valence-electron chi connectivity index (χ1n) is 6.06. The topological polar surface area (TPSA) is 55.1 Å². The van der Waals surface area contributed by atoms with Crippen LogP contribution in [0.25, 0.3) is 0 Å². The predicted molar refractivity (Wildman–Crippen MR) is 83.2 cm³/mol. The Morgan fingerprint density at radius 2 is 1.85 bits per heavy atom. The summed E-state index contributed by atoms with van der Waals surface area (Å²) in [5.74, 6) is -0.516. The zero-order valence-corrected chi connectivity index (χ0v) is 12.4. The first kappa shape index (κ1) is 14.7. The number of amides is 1. The highest BCUT2D eigenvalue weighted by molar-refractivity contribution is 6.42. The Bertz CT molecular complexity index is 644. The van der Waals surface area contributed by atoms with Gasteiger partial charge in [-0.1, -0.05) is 53.5 Å². The molecule has 0 aliphatic rings. The molecule has 2 rings (SSSR count). The number of aryl methyl sites for hydroxylation is 1. The third kappa shape index (κ3) is 3.06. The van der Waals surface area contributed by atoms with E-state index in [1.54, 1.807) is 18.2 Å². The third-order valence-corrected chi connectivity index (χ3v) is 3.86. The van der Waals surface area contributed by atoms with Crippen molar-refractivity contribution < 1.29 is 4.79 Å². The summed E-state index contributed by atoms with van der Waals surface area (Å²) < 4.78 is 0. The maximum absolute atomic E-state index is 11.7. The quantitative estimate of drug-likeness (QED) is 0.899. The molecule has 5 heteroatoms. The molecule has 3 N–H and O–H groups in total. The van der Waals surface area contributed by atoms with Crippen molar-refractivity contribution in [1.82, 2.24) is 0 Å². The minimum Gasteiger partial charge on any atom is -0.370 e. The van der Waals surface area contributed by atoms with Crippen molar-refractivity contribution in [2.45, 2.75) is 13.0 Å². The zero-order chi connectivity index (χ0) is 14.7. The number of para-hydroxylation sites is 1. The van der Waals surface area contributed by atoms with Crippen LogP contribution >= 0.6 is 23.2 Å². The number of nitrogens with one attached hydrogen (secondary N) is 1. The number of hydrogen-bond acceptors (Lipinski definition) is 2. The van der Waals surface area contributed by atoms with Crippen LogP contribution in [-0.4, -0.2) is 5.91 Å². The molecule has 0 radical (unpaired) electrons. The molecule has 1 atom stereocenters. The maximum atomic E-state index is 11.7. The van der Waals surface area contributed by atoms with Gasteiger partial charge >= 0.3 is 0 Å². The SMILES string of the molecule is Cc1ccccc1NC(C(N)=O)c1cccc(Cl)c1Cl. The van der Waals surface area contributed by atoms with Crippen LogP contribution in [0.4, 0.5) is 5.69 Å². The second kappa shape index (κ2) is 6.16. The second-order valence-corrected chi connectivity index (χ2v) is 5.22. The van der Waals surface area contributed by atoms with Crippen molar-refractivity contribution >= 4 is 34.8 Å². The number of carbonyl (C=O) groups excluding carboxylic acids is 1. The largest absolute Gasteiger partial charge is 0.370 e. The number of rotatable bonds is 4. The molecule has 1 amide bonds. The van der Waals surface area contributed by atoms with Crippen molar-refractivity contribution in [1.29, 1.82) is 0 Å². The van der Waals surface area contributed by atoms with Crippen LogP contribution in [0.2, 0.25) is 10.0 Å². The number of hydrogen-bond donors (Lipinski definition) is 2. The summed E-state index contributed by atoms with van der Waals surface area (Å²) in [5.41, 5.74) is 7.88.